The third kappa shape index (κ3) is 3.64. The molecule has 2 rings (SSSR count). The number of methoxy groups -OCH3 is 1. The number of benzene rings is 1. The predicted octanol–water partition coefficient (Wildman–Crippen LogP) is 1.59. The van der Waals surface area contributed by atoms with Crippen molar-refractivity contribution in [2.75, 3.05) is 13.7 Å². The fourth-order valence-corrected chi connectivity index (χ4v) is 1.73. The first-order chi connectivity index (χ1) is 8.38. The van der Waals surface area contributed by atoms with Gasteiger partial charge in [-0.25, -0.2) is 0 Å². The second-order valence-electron chi connectivity index (χ2n) is 3.96. The summed E-state index contributed by atoms with van der Waals surface area (Å²) in [7, 11) is 1.69. The van der Waals surface area contributed by atoms with E-state index in [4.69, 9.17) is 9.15 Å². The molecule has 2 aromatic rings. The highest BCUT2D eigenvalue weighted by atomic mass is 16.5. The van der Waals surface area contributed by atoms with E-state index in [2.05, 4.69) is 17.4 Å². The quantitative estimate of drug-likeness (QED) is 0.768. The summed E-state index contributed by atoms with van der Waals surface area (Å²) in [5.41, 5.74) is 1.33. The Kier molecular flexibility index (Phi) is 4.22. The Balaban J connectivity index is 1.70. The third-order valence-corrected chi connectivity index (χ3v) is 2.72. The molecular formula is C14H18NO2+. The maximum atomic E-state index is 5.27. The second-order valence-corrected chi connectivity index (χ2v) is 3.96. The zero-order valence-corrected chi connectivity index (χ0v) is 10.1. The minimum absolute atomic E-state index is 0.906. The van der Waals surface area contributed by atoms with Crippen molar-refractivity contribution in [2.45, 2.75) is 13.0 Å². The van der Waals surface area contributed by atoms with Crippen molar-refractivity contribution < 1.29 is 14.5 Å². The van der Waals surface area contributed by atoms with E-state index < -0.39 is 0 Å². The van der Waals surface area contributed by atoms with E-state index in [1.54, 1.807) is 13.4 Å². The molecule has 3 nitrogen and oxygen atoms in total. The van der Waals surface area contributed by atoms with Crippen LogP contribution >= 0.6 is 0 Å². The van der Waals surface area contributed by atoms with Gasteiger partial charge >= 0.3 is 0 Å². The first-order valence-electron chi connectivity index (χ1n) is 5.85. The lowest BCUT2D eigenvalue weighted by Crippen LogP contribution is -2.83. The van der Waals surface area contributed by atoms with Gasteiger partial charge in [0.25, 0.3) is 0 Å². The summed E-state index contributed by atoms with van der Waals surface area (Å²) in [6, 6.07) is 12.2. The molecule has 0 spiro atoms. The van der Waals surface area contributed by atoms with Gasteiger partial charge in [0.1, 0.15) is 12.3 Å². The first-order valence-corrected chi connectivity index (χ1v) is 5.85. The summed E-state index contributed by atoms with van der Waals surface area (Å²) < 4.78 is 10.4. The summed E-state index contributed by atoms with van der Waals surface area (Å²) in [5.74, 6) is 1.94. The number of quaternary nitrogens is 1. The maximum absolute atomic E-state index is 5.27. The van der Waals surface area contributed by atoms with Gasteiger partial charge in [-0.2, -0.15) is 0 Å². The molecule has 90 valence electrons. The molecule has 0 unspecified atom stereocenters. The van der Waals surface area contributed by atoms with Gasteiger partial charge in [-0.1, -0.05) is 12.1 Å². The lowest BCUT2D eigenvalue weighted by Gasteiger charge is -2.03. The van der Waals surface area contributed by atoms with E-state index >= 15 is 0 Å². The van der Waals surface area contributed by atoms with Crippen LogP contribution in [0.1, 0.15) is 11.3 Å². The summed E-state index contributed by atoms with van der Waals surface area (Å²) in [4.78, 5) is 0. The molecule has 0 radical (unpaired) electrons. The molecule has 17 heavy (non-hydrogen) atoms. The normalized spacial score (nSPS) is 10.4. The molecule has 0 bridgehead atoms. The molecule has 0 atom stereocenters. The van der Waals surface area contributed by atoms with Gasteiger partial charge in [-0.05, 0) is 29.8 Å². The topological polar surface area (TPSA) is 39.0 Å². The van der Waals surface area contributed by atoms with Crippen molar-refractivity contribution in [2.24, 2.45) is 0 Å². The predicted molar refractivity (Wildman–Crippen MR) is 65.9 cm³/mol. The zero-order valence-electron chi connectivity index (χ0n) is 10.1. The van der Waals surface area contributed by atoms with Crippen molar-refractivity contribution >= 4 is 0 Å². The van der Waals surface area contributed by atoms with Gasteiger partial charge < -0.3 is 14.5 Å². The van der Waals surface area contributed by atoms with Gasteiger partial charge in [0.2, 0.25) is 0 Å². The van der Waals surface area contributed by atoms with Crippen molar-refractivity contribution in [3.05, 3.63) is 54.0 Å². The number of rotatable bonds is 6. The Hall–Kier alpha value is -1.74. The highest BCUT2D eigenvalue weighted by molar-refractivity contribution is 5.27. The Labute approximate surface area is 101 Å². The molecule has 0 amide bonds. The van der Waals surface area contributed by atoms with Gasteiger partial charge in [-0.3, -0.25) is 0 Å². The molecule has 1 aromatic carbocycles. The highest BCUT2D eigenvalue weighted by Crippen LogP contribution is 2.10. The smallest absolute Gasteiger partial charge is 0.157 e. The molecule has 0 saturated carbocycles. The van der Waals surface area contributed by atoms with Crippen LogP contribution < -0.4 is 10.1 Å². The minimum Gasteiger partial charge on any atom is -0.497 e. The maximum Gasteiger partial charge on any atom is 0.157 e. The van der Waals surface area contributed by atoms with Crippen LogP contribution in [0.25, 0.3) is 0 Å². The van der Waals surface area contributed by atoms with E-state index in [1.807, 2.05) is 24.3 Å². The number of nitrogens with two attached hydrogens (primary N) is 1. The fraction of sp³-hybridized carbons (Fsp3) is 0.286. The van der Waals surface area contributed by atoms with Crippen molar-refractivity contribution in [3.8, 4) is 5.75 Å². The molecule has 0 aliphatic heterocycles. The summed E-state index contributed by atoms with van der Waals surface area (Å²) in [5, 5.41) is 2.25. The van der Waals surface area contributed by atoms with E-state index in [0.717, 1.165) is 31.0 Å². The summed E-state index contributed by atoms with van der Waals surface area (Å²) in [6.45, 7) is 1.97. The third-order valence-electron chi connectivity index (χ3n) is 2.72. The van der Waals surface area contributed by atoms with Gasteiger partial charge in [-0.15, -0.1) is 0 Å². The molecule has 0 fully saturated rings. The Bertz CT molecular complexity index is 420. The van der Waals surface area contributed by atoms with Crippen LogP contribution in [0.2, 0.25) is 0 Å². The van der Waals surface area contributed by atoms with Crippen LogP contribution in [0.4, 0.5) is 0 Å². The largest absolute Gasteiger partial charge is 0.497 e. The Morgan fingerprint density at radius 2 is 2.00 bits per heavy atom. The highest BCUT2D eigenvalue weighted by Gasteiger charge is 1.99. The Morgan fingerprint density at radius 3 is 2.65 bits per heavy atom. The van der Waals surface area contributed by atoms with Crippen LogP contribution in [0.5, 0.6) is 5.75 Å². The molecule has 3 heteroatoms. The lowest BCUT2D eigenvalue weighted by molar-refractivity contribution is -0.671. The molecule has 0 aliphatic carbocycles. The molecular weight excluding hydrogens is 214 g/mol. The number of hydrogen-bond acceptors (Lipinski definition) is 2. The second kappa shape index (κ2) is 6.11. The van der Waals surface area contributed by atoms with Crippen LogP contribution in [0, 0.1) is 0 Å². The standard InChI is InChI=1S/C14H17NO2/c1-16-13-6-4-12(5-7-13)8-9-15-11-14-3-2-10-17-14/h2-7,10,15H,8-9,11H2,1H3/p+1. The van der Waals surface area contributed by atoms with Crippen LogP contribution in [-0.4, -0.2) is 13.7 Å². The number of ether oxygens (including phenoxy) is 1. The van der Waals surface area contributed by atoms with E-state index in [1.165, 1.54) is 5.56 Å². The van der Waals surface area contributed by atoms with Gasteiger partial charge in [0.15, 0.2) is 5.76 Å². The number of hydrogen-bond donors (Lipinski definition) is 1. The Morgan fingerprint density at radius 1 is 1.18 bits per heavy atom. The van der Waals surface area contributed by atoms with Gasteiger partial charge in [0.05, 0.1) is 19.9 Å². The molecule has 2 N–H and O–H groups in total. The average Bonchev–Trinajstić information content (AvgIpc) is 2.88. The van der Waals surface area contributed by atoms with Crippen molar-refractivity contribution in [1.29, 1.82) is 0 Å². The van der Waals surface area contributed by atoms with Crippen LogP contribution in [-0.2, 0) is 13.0 Å². The molecule has 1 heterocycles. The van der Waals surface area contributed by atoms with Crippen molar-refractivity contribution in [1.82, 2.24) is 0 Å². The average molecular weight is 232 g/mol. The monoisotopic (exact) mass is 232 g/mol. The summed E-state index contributed by atoms with van der Waals surface area (Å²) >= 11 is 0. The van der Waals surface area contributed by atoms with E-state index in [-0.39, 0.29) is 0 Å². The van der Waals surface area contributed by atoms with Crippen LogP contribution in [0.3, 0.4) is 0 Å². The van der Waals surface area contributed by atoms with Crippen molar-refractivity contribution in [3.63, 3.8) is 0 Å². The van der Waals surface area contributed by atoms with Gasteiger partial charge in [0, 0.05) is 6.42 Å². The zero-order chi connectivity index (χ0) is 11.9. The summed E-state index contributed by atoms with van der Waals surface area (Å²) in [6.07, 6.45) is 2.78. The lowest BCUT2D eigenvalue weighted by atomic mass is 10.1. The molecule has 1 aromatic heterocycles. The first kappa shape index (κ1) is 11.7. The minimum atomic E-state index is 0.906. The molecule has 0 aliphatic rings. The number of furan rings is 1. The fourth-order valence-electron chi connectivity index (χ4n) is 1.73. The SMILES string of the molecule is COc1ccc(CC[NH2+]Cc2ccco2)cc1. The van der Waals surface area contributed by atoms with E-state index in [9.17, 15) is 0 Å². The van der Waals surface area contributed by atoms with E-state index in [0.29, 0.717) is 0 Å². The molecule has 0 saturated heterocycles. The van der Waals surface area contributed by atoms with Crippen LogP contribution in [0.15, 0.2) is 47.1 Å².